The van der Waals surface area contributed by atoms with Crippen molar-refractivity contribution in [3.05, 3.63) is 110 Å². The number of nitrogens with zero attached hydrogens (tertiary/aromatic N) is 1. The van der Waals surface area contributed by atoms with Crippen LogP contribution in [0.5, 0.6) is 17.2 Å². The van der Waals surface area contributed by atoms with Gasteiger partial charge in [0.05, 0.1) is 21.7 Å². The molecule has 0 spiro atoms. The highest BCUT2D eigenvalue weighted by molar-refractivity contribution is 6.32. The highest BCUT2D eigenvalue weighted by Gasteiger charge is 2.17. The molecule has 0 radical (unpaired) electrons. The van der Waals surface area contributed by atoms with Crippen LogP contribution >= 0.6 is 23.2 Å². The van der Waals surface area contributed by atoms with Crippen LogP contribution in [0.15, 0.2) is 77.2 Å². The molecule has 0 bridgehead atoms. The lowest BCUT2D eigenvalue weighted by Crippen LogP contribution is -2.11. The van der Waals surface area contributed by atoms with Gasteiger partial charge in [-0.3, -0.25) is 14.9 Å². The largest absolute Gasteiger partial charge is 0.484 e. The number of ether oxygens (including phenoxy) is 2. The van der Waals surface area contributed by atoms with Gasteiger partial charge in [0, 0.05) is 17.2 Å². The zero-order chi connectivity index (χ0) is 24.9. The van der Waals surface area contributed by atoms with Gasteiger partial charge in [-0.1, -0.05) is 35.3 Å². The summed E-state index contributed by atoms with van der Waals surface area (Å²) in [6.07, 6.45) is 0. The molecule has 0 unspecified atom stereocenters. The molecule has 0 atom stereocenters. The number of hydrogen-bond donors (Lipinski definition) is 1. The first-order valence-corrected chi connectivity index (χ1v) is 11.0. The number of rotatable bonds is 8. The molecule has 1 aromatic heterocycles. The fourth-order valence-electron chi connectivity index (χ4n) is 3.12. The first-order chi connectivity index (χ1) is 16.8. The van der Waals surface area contributed by atoms with E-state index in [9.17, 15) is 14.9 Å². The van der Waals surface area contributed by atoms with Crippen LogP contribution in [0.1, 0.15) is 21.9 Å². The van der Waals surface area contributed by atoms with E-state index in [0.717, 1.165) is 5.56 Å². The molecule has 178 valence electrons. The number of para-hydroxylation sites is 1. The maximum Gasteiger partial charge on any atom is 0.291 e. The smallest absolute Gasteiger partial charge is 0.291 e. The minimum Gasteiger partial charge on any atom is -0.484 e. The standard InChI is InChI=1S/C25H18Cl2N2O6/c1-15-10-18(6-8-21(15)26)34-20-12-16(11-17(13-20)29(31)32)28-25(30)24-9-7-19(35-24)14-33-23-5-3-2-4-22(23)27/h2-13H,14H2,1H3,(H,28,30). The average molecular weight is 513 g/mol. The third-order valence-electron chi connectivity index (χ3n) is 4.82. The molecule has 3 aromatic carbocycles. The zero-order valence-electron chi connectivity index (χ0n) is 18.3. The van der Waals surface area contributed by atoms with Gasteiger partial charge in [-0.2, -0.15) is 0 Å². The lowest BCUT2D eigenvalue weighted by atomic mass is 10.2. The van der Waals surface area contributed by atoms with E-state index >= 15 is 0 Å². The maximum absolute atomic E-state index is 12.7. The van der Waals surface area contributed by atoms with Crippen molar-refractivity contribution >= 4 is 40.5 Å². The Balaban J connectivity index is 1.48. The van der Waals surface area contributed by atoms with Crippen molar-refractivity contribution in [3.63, 3.8) is 0 Å². The molecule has 1 heterocycles. The summed E-state index contributed by atoms with van der Waals surface area (Å²) < 4.78 is 16.9. The minimum absolute atomic E-state index is 0.00468. The van der Waals surface area contributed by atoms with E-state index in [0.29, 0.717) is 27.3 Å². The number of non-ortho nitro benzene ring substituents is 1. The first kappa shape index (κ1) is 24.1. The minimum atomic E-state index is -0.595. The Hall–Kier alpha value is -4.01. The molecule has 8 nitrogen and oxygen atoms in total. The van der Waals surface area contributed by atoms with Gasteiger partial charge in [-0.25, -0.2) is 0 Å². The molecule has 1 amide bonds. The fourth-order valence-corrected chi connectivity index (χ4v) is 3.43. The number of amides is 1. The summed E-state index contributed by atoms with van der Waals surface area (Å²) in [6, 6.07) is 19.0. The van der Waals surface area contributed by atoms with Crippen LogP contribution in [0.25, 0.3) is 0 Å². The van der Waals surface area contributed by atoms with Gasteiger partial charge < -0.3 is 19.2 Å². The highest BCUT2D eigenvalue weighted by Crippen LogP contribution is 2.32. The Morgan fingerprint density at radius 1 is 1.00 bits per heavy atom. The Labute approximate surface area is 210 Å². The van der Waals surface area contributed by atoms with Crippen molar-refractivity contribution in [2.24, 2.45) is 0 Å². The number of nitro benzene ring substituents is 1. The van der Waals surface area contributed by atoms with E-state index in [1.807, 2.05) is 6.92 Å². The van der Waals surface area contributed by atoms with Crippen molar-refractivity contribution in [2.75, 3.05) is 5.32 Å². The molecule has 1 N–H and O–H groups in total. The van der Waals surface area contributed by atoms with Gasteiger partial charge >= 0.3 is 0 Å². The number of nitro groups is 1. The van der Waals surface area contributed by atoms with E-state index in [1.54, 1.807) is 48.5 Å². The predicted molar refractivity (Wildman–Crippen MR) is 132 cm³/mol. The van der Waals surface area contributed by atoms with E-state index in [-0.39, 0.29) is 29.5 Å². The lowest BCUT2D eigenvalue weighted by molar-refractivity contribution is -0.384. The van der Waals surface area contributed by atoms with Gasteiger partial charge in [0.25, 0.3) is 11.6 Å². The average Bonchev–Trinajstić information content (AvgIpc) is 3.30. The van der Waals surface area contributed by atoms with Crippen LogP contribution in [0.4, 0.5) is 11.4 Å². The Bertz CT molecular complexity index is 1400. The van der Waals surface area contributed by atoms with E-state index in [4.69, 9.17) is 37.1 Å². The van der Waals surface area contributed by atoms with Crippen LogP contribution < -0.4 is 14.8 Å². The summed E-state index contributed by atoms with van der Waals surface area (Å²) in [5.41, 5.74) is 0.696. The van der Waals surface area contributed by atoms with E-state index in [2.05, 4.69) is 5.32 Å². The number of benzene rings is 3. The van der Waals surface area contributed by atoms with Gasteiger partial charge in [-0.05, 0) is 55.0 Å². The third-order valence-corrected chi connectivity index (χ3v) is 5.55. The van der Waals surface area contributed by atoms with Crippen molar-refractivity contribution in [1.82, 2.24) is 0 Å². The molecule has 0 aliphatic carbocycles. The molecule has 0 fully saturated rings. The summed E-state index contributed by atoms with van der Waals surface area (Å²) >= 11 is 12.1. The molecule has 0 saturated carbocycles. The number of hydrogen-bond acceptors (Lipinski definition) is 6. The zero-order valence-corrected chi connectivity index (χ0v) is 19.8. The molecule has 4 rings (SSSR count). The van der Waals surface area contributed by atoms with Crippen molar-refractivity contribution in [2.45, 2.75) is 13.5 Å². The second-order valence-electron chi connectivity index (χ2n) is 7.42. The first-order valence-electron chi connectivity index (χ1n) is 10.3. The number of furan rings is 1. The SMILES string of the molecule is Cc1cc(Oc2cc(NC(=O)c3ccc(COc4ccccc4Cl)o3)cc([N+](=O)[O-])c2)ccc1Cl. The van der Waals surface area contributed by atoms with Crippen molar-refractivity contribution < 1.29 is 23.6 Å². The molecule has 35 heavy (non-hydrogen) atoms. The summed E-state index contributed by atoms with van der Waals surface area (Å²) in [6.45, 7) is 1.87. The van der Waals surface area contributed by atoms with E-state index < -0.39 is 10.8 Å². The number of aryl methyl sites for hydroxylation is 1. The topological polar surface area (TPSA) is 104 Å². The van der Waals surface area contributed by atoms with Crippen LogP contribution in [-0.2, 0) is 6.61 Å². The van der Waals surface area contributed by atoms with Gasteiger partial charge in [-0.15, -0.1) is 0 Å². The van der Waals surface area contributed by atoms with E-state index in [1.165, 1.54) is 24.3 Å². The summed E-state index contributed by atoms with van der Waals surface area (Å²) in [5.74, 6) is 0.907. The quantitative estimate of drug-likeness (QED) is 0.194. The Morgan fingerprint density at radius 2 is 1.80 bits per heavy atom. The normalized spacial score (nSPS) is 10.6. The monoisotopic (exact) mass is 512 g/mol. The Kier molecular flexibility index (Phi) is 7.24. The molecular weight excluding hydrogens is 495 g/mol. The summed E-state index contributed by atoms with van der Waals surface area (Å²) in [7, 11) is 0. The summed E-state index contributed by atoms with van der Waals surface area (Å²) in [4.78, 5) is 23.5. The summed E-state index contributed by atoms with van der Waals surface area (Å²) in [5, 5.41) is 15.0. The number of halogens is 2. The predicted octanol–water partition coefficient (Wildman–Crippen LogP) is 7.43. The van der Waals surface area contributed by atoms with Crippen LogP contribution in [-0.4, -0.2) is 10.8 Å². The van der Waals surface area contributed by atoms with Gasteiger partial charge in [0.15, 0.2) is 5.76 Å². The molecular formula is C25H18Cl2N2O6. The number of carbonyl (C=O) groups excluding carboxylic acids is 1. The molecule has 0 saturated heterocycles. The van der Waals surface area contributed by atoms with Crippen molar-refractivity contribution in [3.8, 4) is 17.2 Å². The third kappa shape index (κ3) is 6.11. The molecule has 0 aliphatic rings. The number of carbonyl (C=O) groups is 1. The lowest BCUT2D eigenvalue weighted by Gasteiger charge is -2.10. The molecule has 10 heteroatoms. The molecule has 0 aliphatic heterocycles. The Morgan fingerprint density at radius 3 is 2.54 bits per heavy atom. The van der Waals surface area contributed by atoms with Gasteiger partial charge in [0.1, 0.15) is 29.6 Å². The van der Waals surface area contributed by atoms with Crippen LogP contribution in [0.3, 0.4) is 0 Å². The number of nitrogens with one attached hydrogen (secondary N) is 1. The second kappa shape index (κ2) is 10.5. The van der Waals surface area contributed by atoms with Crippen LogP contribution in [0.2, 0.25) is 10.0 Å². The van der Waals surface area contributed by atoms with Crippen molar-refractivity contribution in [1.29, 1.82) is 0 Å². The fraction of sp³-hybridized carbons (Fsp3) is 0.0800. The maximum atomic E-state index is 12.7. The number of anilines is 1. The molecule has 4 aromatic rings. The van der Waals surface area contributed by atoms with Gasteiger partial charge in [0.2, 0.25) is 0 Å². The van der Waals surface area contributed by atoms with Crippen LogP contribution in [0, 0.1) is 17.0 Å². The second-order valence-corrected chi connectivity index (χ2v) is 8.24. The highest BCUT2D eigenvalue weighted by atomic mass is 35.5.